The number of aryl methyl sites for hydroxylation is 1. The maximum Gasteiger partial charge on any atom is 0.393 e. The van der Waals surface area contributed by atoms with Crippen molar-refractivity contribution in [3.05, 3.63) is 29.7 Å². The molecule has 1 N–H and O–H groups in total. The summed E-state index contributed by atoms with van der Waals surface area (Å²) in [6.45, 7) is 1.75. The Bertz CT molecular complexity index is 1040. The van der Waals surface area contributed by atoms with E-state index in [-0.39, 0.29) is 10.3 Å². The Labute approximate surface area is 169 Å². The lowest BCUT2D eigenvalue weighted by Crippen LogP contribution is -2.46. The number of aromatic nitrogens is 4. The Morgan fingerprint density at radius 1 is 1.31 bits per heavy atom. The van der Waals surface area contributed by atoms with Gasteiger partial charge in [-0.2, -0.15) is 18.3 Å². The summed E-state index contributed by atoms with van der Waals surface area (Å²) in [6, 6.07) is 2.05. The molecule has 3 aromatic heterocycles. The third kappa shape index (κ3) is 3.65. The first-order valence-corrected chi connectivity index (χ1v) is 10.4. The first-order valence-electron chi connectivity index (χ1n) is 9.59. The molecule has 5 rings (SSSR count). The predicted molar refractivity (Wildman–Crippen MR) is 106 cm³/mol. The minimum Gasteiger partial charge on any atom is -0.380 e. The van der Waals surface area contributed by atoms with E-state index in [2.05, 4.69) is 25.3 Å². The normalized spacial score (nSPS) is 24.4. The zero-order valence-corrected chi connectivity index (χ0v) is 16.7. The minimum absolute atomic E-state index is 0.252. The number of rotatable bonds is 4. The second-order valence-electron chi connectivity index (χ2n) is 8.24. The summed E-state index contributed by atoms with van der Waals surface area (Å²) in [5, 5.41) is 8.45. The third-order valence-electron chi connectivity index (χ3n) is 5.91. The van der Waals surface area contributed by atoms with E-state index in [0.717, 1.165) is 60.6 Å². The molecule has 1 aliphatic heterocycles. The van der Waals surface area contributed by atoms with Gasteiger partial charge in [-0.3, -0.25) is 4.68 Å². The fourth-order valence-electron chi connectivity index (χ4n) is 4.70. The maximum absolute atomic E-state index is 12.8. The molecular weight excluding hydrogens is 401 g/mol. The van der Waals surface area contributed by atoms with E-state index in [1.165, 1.54) is 6.33 Å². The minimum atomic E-state index is -4.21. The van der Waals surface area contributed by atoms with Crippen molar-refractivity contribution < 1.29 is 13.2 Å². The Hall–Kier alpha value is -2.36. The second kappa shape index (κ2) is 6.58. The lowest BCUT2D eigenvalue weighted by Gasteiger charge is -2.45. The molecule has 1 saturated carbocycles. The number of nitrogens with one attached hydrogen (secondary N) is 1. The van der Waals surface area contributed by atoms with Crippen LogP contribution in [0.1, 0.15) is 24.1 Å². The fourth-order valence-corrected chi connectivity index (χ4v) is 5.72. The van der Waals surface area contributed by atoms with Crippen molar-refractivity contribution in [3.63, 3.8) is 0 Å². The number of halogens is 3. The monoisotopic (exact) mass is 422 g/mol. The van der Waals surface area contributed by atoms with Gasteiger partial charge in [-0.15, -0.1) is 11.3 Å². The van der Waals surface area contributed by atoms with Crippen LogP contribution in [0.15, 0.2) is 24.8 Å². The molecule has 0 atom stereocenters. The Morgan fingerprint density at radius 2 is 2.14 bits per heavy atom. The molecule has 3 aromatic rings. The van der Waals surface area contributed by atoms with E-state index in [1.54, 1.807) is 10.7 Å². The van der Waals surface area contributed by atoms with Gasteiger partial charge in [0, 0.05) is 37.3 Å². The van der Waals surface area contributed by atoms with Crippen LogP contribution in [0.4, 0.5) is 24.7 Å². The van der Waals surface area contributed by atoms with Crippen molar-refractivity contribution in [1.82, 2.24) is 19.7 Å². The van der Waals surface area contributed by atoms with E-state index < -0.39 is 12.6 Å². The second-order valence-corrected chi connectivity index (χ2v) is 9.36. The van der Waals surface area contributed by atoms with Gasteiger partial charge in [-0.05, 0) is 30.7 Å². The maximum atomic E-state index is 12.8. The van der Waals surface area contributed by atoms with Gasteiger partial charge in [0.15, 0.2) is 0 Å². The Kier molecular flexibility index (Phi) is 4.23. The molecule has 1 spiro atoms. The van der Waals surface area contributed by atoms with E-state index in [1.807, 2.05) is 19.4 Å². The van der Waals surface area contributed by atoms with Crippen molar-refractivity contribution in [2.24, 2.45) is 12.5 Å². The summed E-state index contributed by atoms with van der Waals surface area (Å²) in [5.41, 5.74) is 1.29. The van der Waals surface area contributed by atoms with E-state index in [0.29, 0.717) is 10.9 Å². The van der Waals surface area contributed by atoms with Gasteiger partial charge >= 0.3 is 6.18 Å². The molecule has 2 fully saturated rings. The van der Waals surface area contributed by atoms with E-state index >= 15 is 0 Å². The molecule has 0 amide bonds. The number of hydrogen-bond acceptors (Lipinski definition) is 6. The lowest BCUT2D eigenvalue weighted by molar-refractivity contribution is -0.126. The largest absolute Gasteiger partial charge is 0.393 e. The lowest BCUT2D eigenvalue weighted by atomic mass is 9.65. The number of nitrogens with zero attached hydrogens (tertiary/aromatic N) is 5. The van der Waals surface area contributed by atoms with Crippen molar-refractivity contribution in [2.45, 2.75) is 37.9 Å². The topological polar surface area (TPSA) is 58.9 Å². The number of hydrogen-bond donors (Lipinski definition) is 1. The van der Waals surface area contributed by atoms with Gasteiger partial charge < -0.3 is 10.2 Å². The molecule has 1 aliphatic carbocycles. The van der Waals surface area contributed by atoms with Crippen LogP contribution < -0.4 is 10.2 Å². The van der Waals surface area contributed by atoms with Gasteiger partial charge in [0.2, 0.25) is 0 Å². The highest BCUT2D eigenvalue weighted by Gasteiger charge is 2.49. The molecule has 0 radical (unpaired) electrons. The van der Waals surface area contributed by atoms with E-state index in [4.69, 9.17) is 0 Å². The Balaban J connectivity index is 1.28. The van der Waals surface area contributed by atoms with Crippen LogP contribution >= 0.6 is 11.3 Å². The molecule has 0 bridgehead atoms. The highest BCUT2D eigenvalue weighted by atomic mass is 32.1. The van der Waals surface area contributed by atoms with Crippen molar-refractivity contribution in [1.29, 1.82) is 0 Å². The van der Waals surface area contributed by atoms with Crippen LogP contribution in [-0.2, 0) is 13.5 Å². The predicted octanol–water partition coefficient (Wildman–Crippen LogP) is 4.00. The van der Waals surface area contributed by atoms with E-state index in [9.17, 15) is 13.2 Å². The van der Waals surface area contributed by atoms with Gasteiger partial charge in [0.25, 0.3) is 0 Å². The molecule has 154 valence electrons. The van der Waals surface area contributed by atoms with Crippen LogP contribution in [0.3, 0.4) is 0 Å². The number of alkyl halides is 3. The average Bonchev–Trinajstić information content (AvgIpc) is 3.30. The molecule has 2 aliphatic rings. The van der Waals surface area contributed by atoms with Crippen LogP contribution in [0.25, 0.3) is 10.2 Å². The fraction of sp³-hybridized carbons (Fsp3) is 0.526. The summed E-state index contributed by atoms with van der Waals surface area (Å²) < 4.78 is 40.1. The summed E-state index contributed by atoms with van der Waals surface area (Å²) >= 11 is 1.10. The quantitative estimate of drug-likeness (QED) is 0.689. The van der Waals surface area contributed by atoms with Crippen molar-refractivity contribution in [3.8, 4) is 0 Å². The Morgan fingerprint density at radius 3 is 2.86 bits per heavy atom. The summed E-state index contributed by atoms with van der Waals surface area (Å²) in [4.78, 5) is 11.7. The first kappa shape index (κ1) is 18.7. The van der Waals surface area contributed by atoms with Gasteiger partial charge in [0.05, 0.1) is 23.7 Å². The number of anilines is 2. The molecular formula is C19H21F3N6S. The first-order chi connectivity index (χ1) is 13.8. The molecule has 0 aromatic carbocycles. The number of fused-ring (bicyclic) bond motifs is 1. The molecule has 29 heavy (non-hydrogen) atoms. The zero-order valence-electron chi connectivity index (χ0n) is 15.9. The van der Waals surface area contributed by atoms with Crippen LogP contribution in [0.2, 0.25) is 0 Å². The van der Waals surface area contributed by atoms with Crippen LogP contribution in [0, 0.1) is 5.41 Å². The standard InChI is InChI=1S/C19H21F3N6S/c1-27-9-13(8-25-27)26-12-5-18(6-12)2-3-28(10-18)16-15-4-14(7-19(20,21)22)29-17(15)24-11-23-16/h4,8-9,11-12,26H,2-3,5-7,10H2,1H3. The molecule has 10 heteroatoms. The number of thiophene rings is 1. The summed E-state index contributed by atoms with van der Waals surface area (Å²) in [7, 11) is 1.90. The summed E-state index contributed by atoms with van der Waals surface area (Å²) in [5.74, 6) is 0.764. The van der Waals surface area contributed by atoms with Gasteiger partial charge in [0.1, 0.15) is 17.0 Å². The average molecular weight is 422 g/mol. The van der Waals surface area contributed by atoms with Gasteiger partial charge in [-0.25, -0.2) is 9.97 Å². The molecule has 4 heterocycles. The molecule has 0 unspecified atom stereocenters. The van der Waals surface area contributed by atoms with Gasteiger partial charge in [-0.1, -0.05) is 0 Å². The van der Waals surface area contributed by atoms with Crippen LogP contribution in [-0.4, -0.2) is 45.1 Å². The van der Waals surface area contributed by atoms with Crippen molar-refractivity contribution in [2.75, 3.05) is 23.3 Å². The zero-order chi connectivity index (χ0) is 20.2. The highest BCUT2D eigenvalue weighted by Crippen LogP contribution is 2.50. The summed E-state index contributed by atoms with van der Waals surface area (Å²) in [6.07, 6.45) is 3.36. The van der Waals surface area contributed by atoms with Crippen LogP contribution in [0.5, 0.6) is 0 Å². The third-order valence-corrected chi connectivity index (χ3v) is 6.95. The highest BCUT2D eigenvalue weighted by molar-refractivity contribution is 7.18. The SMILES string of the molecule is Cn1cc(NC2CC3(CCN(c4ncnc5sc(CC(F)(F)F)cc45)C3)C2)cn1. The smallest absolute Gasteiger partial charge is 0.380 e. The van der Waals surface area contributed by atoms with Crippen molar-refractivity contribution >= 4 is 33.1 Å². The molecule has 6 nitrogen and oxygen atoms in total. The molecule has 1 saturated heterocycles.